The number of carbonyl (C=O) groups is 1. The second-order valence-electron chi connectivity index (χ2n) is 4.59. The topological polar surface area (TPSA) is 61.4 Å². The van der Waals surface area contributed by atoms with Crippen molar-refractivity contribution in [3.05, 3.63) is 16.5 Å². The summed E-state index contributed by atoms with van der Waals surface area (Å²) < 4.78 is 0. The van der Waals surface area contributed by atoms with Gasteiger partial charge in [-0.25, -0.2) is 14.8 Å². The molecule has 1 unspecified atom stereocenters. The highest BCUT2D eigenvalue weighted by molar-refractivity contribution is 6.32. The first kappa shape index (κ1) is 14.1. The summed E-state index contributed by atoms with van der Waals surface area (Å²) in [6, 6.07) is 1.68. The predicted octanol–water partition coefficient (Wildman–Crippen LogP) is 1.63. The van der Waals surface area contributed by atoms with E-state index in [1.54, 1.807) is 20.2 Å². The predicted molar refractivity (Wildman–Crippen MR) is 74.9 cm³/mol. The molecule has 0 aliphatic carbocycles. The highest BCUT2D eigenvalue weighted by Gasteiger charge is 2.25. The summed E-state index contributed by atoms with van der Waals surface area (Å²) in [6.07, 6.45) is 0.860. The van der Waals surface area contributed by atoms with Crippen LogP contribution in [0.15, 0.2) is 6.07 Å². The van der Waals surface area contributed by atoms with Gasteiger partial charge in [0, 0.05) is 39.3 Å². The van der Waals surface area contributed by atoms with Gasteiger partial charge >= 0.3 is 6.03 Å². The van der Waals surface area contributed by atoms with Crippen molar-refractivity contribution < 1.29 is 4.79 Å². The summed E-state index contributed by atoms with van der Waals surface area (Å²) >= 11 is 11.6. The Morgan fingerprint density at radius 2 is 2.21 bits per heavy atom. The zero-order valence-electron chi connectivity index (χ0n) is 10.7. The Morgan fingerprint density at radius 3 is 2.84 bits per heavy atom. The van der Waals surface area contributed by atoms with Gasteiger partial charge in [-0.05, 0) is 18.0 Å². The summed E-state index contributed by atoms with van der Waals surface area (Å²) in [5, 5.41) is 3.39. The molecule has 2 rings (SSSR count). The smallest absolute Gasteiger partial charge is 0.317 e. The van der Waals surface area contributed by atoms with Crippen molar-refractivity contribution in [2.24, 2.45) is 0 Å². The SMILES string of the molecule is CN(C)C(=O)NC1CCN(c2cc(Cl)nc(Cl)n2)C1. The summed E-state index contributed by atoms with van der Waals surface area (Å²) in [5.41, 5.74) is 0. The van der Waals surface area contributed by atoms with E-state index in [1.165, 1.54) is 4.90 Å². The highest BCUT2D eigenvalue weighted by atomic mass is 35.5. The van der Waals surface area contributed by atoms with E-state index in [9.17, 15) is 4.79 Å². The third kappa shape index (κ3) is 3.61. The van der Waals surface area contributed by atoms with Gasteiger partial charge in [-0.2, -0.15) is 0 Å². The molecule has 1 aromatic heterocycles. The molecule has 104 valence electrons. The zero-order chi connectivity index (χ0) is 14.0. The van der Waals surface area contributed by atoms with Crippen molar-refractivity contribution in [2.45, 2.75) is 12.5 Å². The first-order chi connectivity index (χ1) is 8.95. The summed E-state index contributed by atoms with van der Waals surface area (Å²) in [6.45, 7) is 1.48. The molecule has 0 bridgehead atoms. The second-order valence-corrected chi connectivity index (χ2v) is 5.32. The van der Waals surface area contributed by atoms with Crippen molar-refractivity contribution in [1.82, 2.24) is 20.2 Å². The maximum Gasteiger partial charge on any atom is 0.317 e. The molecule has 1 aromatic rings. The molecule has 1 saturated heterocycles. The fourth-order valence-electron chi connectivity index (χ4n) is 1.93. The molecule has 2 amide bonds. The van der Waals surface area contributed by atoms with Gasteiger partial charge in [0.15, 0.2) is 0 Å². The van der Waals surface area contributed by atoms with Gasteiger partial charge in [-0.15, -0.1) is 0 Å². The second kappa shape index (κ2) is 5.79. The zero-order valence-corrected chi connectivity index (χ0v) is 12.2. The number of hydrogen-bond donors (Lipinski definition) is 1. The maximum absolute atomic E-state index is 11.6. The monoisotopic (exact) mass is 303 g/mol. The number of halogens is 2. The van der Waals surface area contributed by atoms with Gasteiger partial charge in [0.1, 0.15) is 11.0 Å². The number of nitrogens with zero attached hydrogens (tertiary/aromatic N) is 4. The van der Waals surface area contributed by atoms with E-state index in [1.807, 2.05) is 4.90 Å². The van der Waals surface area contributed by atoms with Gasteiger partial charge < -0.3 is 15.1 Å². The minimum Gasteiger partial charge on any atom is -0.354 e. The lowest BCUT2D eigenvalue weighted by Gasteiger charge is -2.19. The summed E-state index contributed by atoms with van der Waals surface area (Å²) in [5.74, 6) is 0.687. The quantitative estimate of drug-likeness (QED) is 0.666. The van der Waals surface area contributed by atoms with E-state index in [4.69, 9.17) is 23.2 Å². The Labute approximate surface area is 121 Å². The normalized spacial score (nSPS) is 18.5. The van der Waals surface area contributed by atoms with Crippen LogP contribution in [-0.2, 0) is 0 Å². The van der Waals surface area contributed by atoms with E-state index in [-0.39, 0.29) is 17.4 Å². The van der Waals surface area contributed by atoms with Gasteiger partial charge in [0.2, 0.25) is 5.28 Å². The molecule has 1 atom stereocenters. The number of aromatic nitrogens is 2. The van der Waals surface area contributed by atoms with Crippen molar-refractivity contribution in [3.8, 4) is 0 Å². The number of urea groups is 1. The molecule has 1 N–H and O–H groups in total. The third-order valence-corrected chi connectivity index (χ3v) is 3.26. The van der Waals surface area contributed by atoms with Crippen LogP contribution >= 0.6 is 23.2 Å². The number of anilines is 1. The lowest BCUT2D eigenvalue weighted by atomic mass is 10.3. The first-order valence-corrected chi connectivity index (χ1v) is 6.64. The lowest BCUT2D eigenvalue weighted by Crippen LogP contribution is -2.42. The molecule has 6 nitrogen and oxygen atoms in total. The van der Waals surface area contributed by atoms with Crippen LogP contribution in [0.25, 0.3) is 0 Å². The van der Waals surface area contributed by atoms with Gasteiger partial charge in [0.05, 0.1) is 0 Å². The number of carbonyl (C=O) groups excluding carboxylic acids is 1. The van der Waals surface area contributed by atoms with Crippen molar-refractivity contribution in [2.75, 3.05) is 32.1 Å². The Kier molecular flexibility index (Phi) is 4.31. The third-order valence-electron chi connectivity index (χ3n) is 2.90. The molecule has 1 aliphatic rings. The summed E-state index contributed by atoms with van der Waals surface area (Å²) in [4.78, 5) is 23.1. The number of amides is 2. The minimum absolute atomic E-state index is 0.0920. The average Bonchev–Trinajstić information content (AvgIpc) is 2.76. The molecule has 0 spiro atoms. The van der Waals surface area contributed by atoms with E-state index >= 15 is 0 Å². The average molecular weight is 304 g/mol. The van der Waals surface area contributed by atoms with Crippen LogP contribution in [0.4, 0.5) is 10.6 Å². The van der Waals surface area contributed by atoms with Crippen LogP contribution in [-0.4, -0.2) is 54.1 Å². The molecule has 2 heterocycles. The molecule has 0 radical (unpaired) electrons. The van der Waals surface area contributed by atoms with Crippen molar-refractivity contribution in [3.63, 3.8) is 0 Å². The fourth-order valence-corrected chi connectivity index (χ4v) is 2.33. The van der Waals surface area contributed by atoms with Crippen molar-refractivity contribution in [1.29, 1.82) is 0 Å². The molecule has 19 heavy (non-hydrogen) atoms. The highest BCUT2D eigenvalue weighted by Crippen LogP contribution is 2.22. The van der Waals surface area contributed by atoms with E-state index in [0.717, 1.165) is 13.0 Å². The standard InChI is InChI=1S/C11H15Cl2N5O/c1-17(2)11(19)14-7-3-4-18(6-7)9-5-8(12)15-10(13)16-9/h5,7H,3-4,6H2,1-2H3,(H,14,19). The summed E-state index contributed by atoms with van der Waals surface area (Å²) in [7, 11) is 3.43. The molecule has 8 heteroatoms. The Morgan fingerprint density at radius 1 is 1.47 bits per heavy atom. The molecular formula is C11H15Cl2N5O. The molecule has 0 saturated carbocycles. The van der Waals surface area contributed by atoms with Crippen molar-refractivity contribution >= 4 is 35.1 Å². The van der Waals surface area contributed by atoms with E-state index < -0.39 is 0 Å². The van der Waals surface area contributed by atoms with E-state index in [0.29, 0.717) is 17.5 Å². The van der Waals surface area contributed by atoms with E-state index in [2.05, 4.69) is 15.3 Å². The van der Waals surface area contributed by atoms with Gasteiger partial charge in [-0.1, -0.05) is 11.6 Å². The first-order valence-electron chi connectivity index (χ1n) is 5.88. The lowest BCUT2D eigenvalue weighted by molar-refractivity contribution is 0.214. The van der Waals surface area contributed by atoms with Crippen LogP contribution in [0, 0.1) is 0 Å². The van der Waals surface area contributed by atoms with Crippen LogP contribution < -0.4 is 10.2 Å². The Bertz CT molecular complexity index is 462. The van der Waals surface area contributed by atoms with Gasteiger partial charge in [0.25, 0.3) is 0 Å². The largest absolute Gasteiger partial charge is 0.354 e. The number of rotatable bonds is 2. The van der Waals surface area contributed by atoms with Crippen LogP contribution in [0.3, 0.4) is 0 Å². The van der Waals surface area contributed by atoms with Gasteiger partial charge in [-0.3, -0.25) is 0 Å². The Balaban J connectivity index is 2.00. The molecular weight excluding hydrogens is 289 g/mol. The Hall–Kier alpha value is -1.27. The number of nitrogens with one attached hydrogen (secondary N) is 1. The minimum atomic E-state index is -0.0920. The van der Waals surface area contributed by atoms with Crippen LogP contribution in [0.1, 0.15) is 6.42 Å². The molecule has 1 aliphatic heterocycles. The molecule has 0 aromatic carbocycles. The fraction of sp³-hybridized carbons (Fsp3) is 0.545. The maximum atomic E-state index is 11.6. The molecule has 1 fully saturated rings. The number of hydrogen-bond acceptors (Lipinski definition) is 4. The van der Waals surface area contributed by atoms with Crippen LogP contribution in [0.2, 0.25) is 10.4 Å². The van der Waals surface area contributed by atoms with Crippen LogP contribution in [0.5, 0.6) is 0 Å².